The SMILES string of the molecule is Cn1c(=O)n(C(=O)O)c(=O)c2ccc(F)cc21. The Kier molecular flexibility index (Phi) is 2.31. The van der Waals surface area contributed by atoms with Crippen LogP contribution in [0, 0.1) is 5.82 Å². The Morgan fingerprint density at radius 1 is 1.35 bits per heavy atom. The van der Waals surface area contributed by atoms with E-state index in [4.69, 9.17) is 5.11 Å². The van der Waals surface area contributed by atoms with Gasteiger partial charge in [0.2, 0.25) is 0 Å². The first-order chi connectivity index (χ1) is 7.93. The van der Waals surface area contributed by atoms with Gasteiger partial charge >= 0.3 is 11.8 Å². The summed E-state index contributed by atoms with van der Waals surface area (Å²) in [7, 11) is 1.27. The molecule has 88 valence electrons. The number of carbonyl (C=O) groups is 1. The van der Waals surface area contributed by atoms with E-state index in [9.17, 15) is 18.8 Å². The predicted octanol–water partition coefficient (Wildman–Crippen LogP) is 0.365. The van der Waals surface area contributed by atoms with Crippen LogP contribution >= 0.6 is 0 Å². The van der Waals surface area contributed by atoms with Gasteiger partial charge in [0, 0.05) is 7.05 Å². The van der Waals surface area contributed by atoms with Gasteiger partial charge in [-0.3, -0.25) is 9.36 Å². The summed E-state index contributed by atoms with van der Waals surface area (Å²) >= 11 is 0. The fourth-order valence-corrected chi connectivity index (χ4v) is 1.59. The molecular weight excluding hydrogens is 231 g/mol. The molecule has 1 N–H and O–H groups in total. The largest absolute Gasteiger partial charge is 0.464 e. The molecular formula is C10H7FN2O4. The quantitative estimate of drug-likeness (QED) is 0.718. The molecule has 7 heteroatoms. The highest BCUT2D eigenvalue weighted by Gasteiger charge is 2.15. The van der Waals surface area contributed by atoms with Crippen molar-refractivity contribution in [2.75, 3.05) is 0 Å². The Morgan fingerprint density at radius 2 is 2.00 bits per heavy atom. The number of aryl methyl sites for hydroxylation is 1. The van der Waals surface area contributed by atoms with Gasteiger partial charge in [-0.05, 0) is 18.2 Å². The molecule has 1 aromatic heterocycles. The summed E-state index contributed by atoms with van der Waals surface area (Å²) in [5, 5.41) is 8.73. The maximum atomic E-state index is 13.0. The molecule has 2 rings (SSSR count). The van der Waals surface area contributed by atoms with Gasteiger partial charge in [0.1, 0.15) is 5.82 Å². The Morgan fingerprint density at radius 3 is 2.59 bits per heavy atom. The van der Waals surface area contributed by atoms with Gasteiger partial charge in [-0.1, -0.05) is 0 Å². The van der Waals surface area contributed by atoms with Crippen LogP contribution in [0.15, 0.2) is 27.8 Å². The Hall–Kier alpha value is -2.44. The fourth-order valence-electron chi connectivity index (χ4n) is 1.59. The zero-order chi connectivity index (χ0) is 12.7. The Labute approximate surface area is 93.1 Å². The number of carboxylic acid groups (broad SMARTS) is 1. The molecule has 0 radical (unpaired) electrons. The van der Waals surface area contributed by atoms with Crippen LogP contribution in [0.5, 0.6) is 0 Å². The summed E-state index contributed by atoms with van der Waals surface area (Å²) in [6.45, 7) is 0. The average Bonchev–Trinajstić information content (AvgIpc) is 2.25. The second kappa shape index (κ2) is 3.55. The van der Waals surface area contributed by atoms with Crippen LogP contribution in [0.2, 0.25) is 0 Å². The van der Waals surface area contributed by atoms with Crippen LogP contribution in [-0.2, 0) is 7.05 Å². The third-order valence-electron chi connectivity index (χ3n) is 2.42. The van der Waals surface area contributed by atoms with Crippen molar-refractivity contribution in [3.05, 3.63) is 44.9 Å². The summed E-state index contributed by atoms with van der Waals surface area (Å²) in [4.78, 5) is 34.1. The topological polar surface area (TPSA) is 81.3 Å². The van der Waals surface area contributed by atoms with E-state index in [2.05, 4.69) is 0 Å². The number of hydrogen-bond acceptors (Lipinski definition) is 3. The monoisotopic (exact) mass is 238 g/mol. The molecule has 0 saturated heterocycles. The van der Waals surface area contributed by atoms with Crippen molar-refractivity contribution in [1.29, 1.82) is 0 Å². The van der Waals surface area contributed by atoms with Crippen molar-refractivity contribution in [3.63, 3.8) is 0 Å². The van der Waals surface area contributed by atoms with Crippen LogP contribution in [-0.4, -0.2) is 20.3 Å². The zero-order valence-electron chi connectivity index (χ0n) is 8.68. The Bertz CT molecular complexity index is 744. The number of benzene rings is 1. The van der Waals surface area contributed by atoms with Gasteiger partial charge in [-0.15, -0.1) is 0 Å². The molecule has 0 aliphatic carbocycles. The number of aromatic nitrogens is 2. The molecule has 1 heterocycles. The van der Waals surface area contributed by atoms with Gasteiger partial charge in [-0.2, -0.15) is 4.57 Å². The molecule has 6 nitrogen and oxygen atoms in total. The summed E-state index contributed by atoms with van der Waals surface area (Å²) < 4.78 is 14.0. The van der Waals surface area contributed by atoms with E-state index in [1.54, 1.807) is 0 Å². The molecule has 0 bridgehead atoms. The van der Waals surface area contributed by atoms with Gasteiger partial charge < -0.3 is 5.11 Å². The highest BCUT2D eigenvalue weighted by Crippen LogP contribution is 2.09. The first kappa shape index (κ1) is 11.1. The molecule has 0 spiro atoms. The van der Waals surface area contributed by atoms with E-state index >= 15 is 0 Å². The van der Waals surface area contributed by atoms with Crippen LogP contribution in [0.1, 0.15) is 0 Å². The highest BCUT2D eigenvalue weighted by atomic mass is 19.1. The second-order valence-electron chi connectivity index (χ2n) is 3.43. The number of halogens is 1. The number of hydrogen-bond donors (Lipinski definition) is 1. The van der Waals surface area contributed by atoms with Crippen LogP contribution in [0.3, 0.4) is 0 Å². The molecule has 17 heavy (non-hydrogen) atoms. The minimum absolute atomic E-state index is 0.0316. The van der Waals surface area contributed by atoms with Gasteiger partial charge in [-0.25, -0.2) is 14.0 Å². The van der Waals surface area contributed by atoms with Crippen LogP contribution in [0.4, 0.5) is 9.18 Å². The minimum Gasteiger partial charge on any atom is -0.464 e. The maximum absolute atomic E-state index is 13.0. The molecule has 1 aromatic carbocycles. The van der Waals surface area contributed by atoms with Crippen molar-refractivity contribution in [2.45, 2.75) is 0 Å². The summed E-state index contributed by atoms with van der Waals surface area (Å²) in [6, 6.07) is 3.18. The fraction of sp³-hybridized carbons (Fsp3) is 0.100. The second-order valence-corrected chi connectivity index (χ2v) is 3.43. The lowest BCUT2D eigenvalue weighted by molar-refractivity contribution is 0.193. The molecule has 0 saturated carbocycles. The standard InChI is InChI=1S/C10H7FN2O4/c1-12-7-4-5(11)2-3-6(7)8(14)13(9(12)15)10(16)17/h2-4H,1H3,(H,16,17). The Balaban J connectivity index is 3.11. The lowest BCUT2D eigenvalue weighted by Crippen LogP contribution is -2.42. The third-order valence-corrected chi connectivity index (χ3v) is 2.42. The van der Waals surface area contributed by atoms with Gasteiger partial charge in [0.05, 0.1) is 10.9 Å². The van der Waals surface area contributed by atoms with Crippen LogP contribution in [0.25, 0.3) is 10.9 Å². The first-order valence-electron chi connectivity index (χ1n) is 4.58. The average molecular weight is 238 g/mol. The van der Waals surface area contributed by atoms with E-state index < -0.39 is 23.2 Å². The first-order valence-corrected chi connectivity index (χ1v) is 4.58. The van der Waals surface area contributed by atoms with Crippen molar-refractivity contribution in [2.24, 2.45) is 7.05 Å². The van der Waals surface area contributed by atoms with E-state index in [1.807, 2.05) is 0 Å². The molecule has 2 aromatic rings. The molecule has 0 fully saturated rings. The van der Waals surface area contributed by atoms with E-state index in [-0.39, 0.29) is 15.5 Å². The van der Waals surface area contributed by atoms with E-state index in [0.717, 1.165) is 22.8 Å². The number of nitrogens with zero attached hydrogens (tertiary/aromatic N) is 2. The molecule has 0 aliphatic heterocycles. The van der Waals surface area contributed by atoms with Crippen molar-refractivity contribution >= 4 is 17.0 Å². The van der Waals surface area contributed by atoms with Gasteiger partial charge in [0.25, 0.3) is 5.56 Å². The van der Waals surface area contributed by atoms with E-state index in [1.165, 1.54) is 7.05 Å². The summed E-state index contributed by atoms with van der Waals surface area (Å²) in [5.41, 5.74) is -1.95. The minimum atomic E-state index is -1.66. The van der Waals surface area contributed by atoms with E-state index in [0.29, 0.717) is 0 Å². The maximum Gasteiger partial charge on any atom is 0.422 e. The van der Waals surface area contributed by atoms with Crippen LogP contribution < -0.4 is 11.2 Å². The molecule has 0 unspecified atom stereocenters. The number of rotatable bonds is 0. The highest BCUT2D eigenvalue weighted by molar-refractivity contribution is 5.80. The lowest BCUT2D eigenvalue weighted by Gasteiger charge is -2.06. The van der Waals surface area contributed by atoms with Crippen molar-refractivity contribution in [1.82, 2.24) is 9.13 Å². The smallest absolute Gasteiger partial charge is 0.422 e. The zero-order valence-corrected chi connectivity index (χ0v) is 8.68. The third kappa shape index (κ3) is 1.52. The molecule has 0 amide bonds. The molecule has 0 atom stereocenters. The van der Waals surface area contributed by atoms with Crippen molar-refractivity contribution < 1.29 is 14.3 Å². The summed E-state index contributed by atoms with van der Waals surface area (Å²) in [6.07, 6.45) is -1.66. The number of fused-ring (bicyclic) bond motifs is 1. The summed E-state index contributed by atoms with van der Waals surface area (Å²) in [5.74, 6) is -0.611. The predicted molar refractivity (Wildman–Crippen MR) is 56.8 cm³/mol. The van der Waals surface area contributed by atoms with Crippen molar-refractivity contribution in [3.8, 4) is 0 Å². The molecule has 0 aliphatic rings. The normalized spacial score (nSPS) is 10.7. The van der Waals surface area contributed by atoms with Gasteiger partial charge in [0.15, 0.2) is 0 Å². The lowest BCUT2D eigenvalue weighted by atomic mass is 10.2.